The Morgan fingerprint density at radius 2 is 1.67 bits per heavy atom. The molecule has 4 aromatic rings. The largest absolute Gasteiger partial charge is 0.454 e. The van der Waals surface area contributed by atoms with Gasteiger partial charge in [0.25, 0.3) is 5.56 Å². The predicted octanol–water partition coefficient (Wildman–Crippen LogP) is 4.30. The van der Waals surface area contributed by atoms with Crippen molar-refractivity contribution in [1.29, 1.82) is 0 Å². The highest BCUT2D eigenvalue weighted by Gasteiger charge is 2.23. The number of aromatic nitrogens is 2. The summed E-state index contributed by atoms with van der Waals surface area (Å²) in [4.78, 5) is 35.7. The smallest absolute Gasteiger partial charge is 0.262 e. The average molecular weight is 547 g/mol. The third kappa shape index (κ3) is 5.42. The van der Waals surface area contributed by atoms with E-state index in [0.29, 0.717) is 46.4 Å². The Bertz CT molecular complexity index is 1550. The van der Waals surface area contributed by atoms with Crippen LogP contribution in [0.15, 0.2) is 76.7 Å². The van der Waals surface area contributed by atoms with Crippen molar-refractivity contribution in [3.05, 3.63) is 88.5 Å². The summed E-state index contributed by atoms with van der Waals surface area (Å²) in [5, 5.41) is 0.909. The Kier molecular flexibility index (Phi) is 7.10. The number of fused-ring (bicyclic) bond motifs is 2. The van der Waals surface area contributed by atoms with Crippen molar-refractivity contribution in [2.75, 3.05) is 37.9 Å². The lowest BCUT2D eigenvalue weighted by molar-refractivity contribution is -0.131. The summed E-state index contributed by atoms with van der Waals surface area (Å²) < 4.78 is 25.9. The molecular weight excluding hydrogens is 519 g/mol. The summed E-state index contributed by atoms with van der Waals surface area (Å²) in [6.45, 7) is 3.10. The molecule has 1 aromatic heterocycles. The lowest BCUT2D eigenvalue weighted by Gasteiger charge is -2.36. The molecule has 1 fully saturated rings. The third-order valence-electron chi connectivity index (χ3n) is 7.00. The molecule has 0 bridgehead atoms. The van der Waals surface area contributed by atoms with Gasteiger partial charge in [0, 0.05) is 56.7 Å². The van der Waals surface area contributed by atoms with Crippen LogP contribution in [0.3, 0.4) is 0 Å². The number of hydrogen-bond donors (Lipinski definition) is 0. The van der Waals surface area contributed by atoms with E-state index in [1.807, 2.05) is 23.1 Å². The fourth-order valence-corrected chi connectivity index (χ4v) is 5.83. The standard InChI is InChI=1S/C29H27FN4O4S/c30-21-8-6-20(7-9-21)18-39-29-31-24-17-26-25(37-19-38-26)16-23(24)28(36)34(29)11-10-27(35)33-14-12-32(13-15-33)22-4-2-1-3-5-22/h1-9,16-17H,10-15,18-19H2. The molecular formula is C29H27FN4O4S. The molecule has 0 saturated carbocycles. The van der Waals surface area contributed by atoms with Crippen LogP contribution in [0.4, 0.5) is 10.1 Å². The third-order valence-corrected chi connectivity index (χ3v) is 8.05. The fourth-order valence-electron chi connectivity index (χ4n) is 4.85. The first-order chi connectivity index (χ1) is 19.0. The first kappa shape index (κ1) is 25.2. The van der Waals surface area contributed by atoms with E-state index < -0.39 is 0 Å². The predicted molar refractivity (Wildman–Crippen MR) is 148 cm³/mol. The summed E-state index contributed by atoms with van der Waals surface area (Å²) >= 11 is 1.38. The molecule has 10 heteroatoms. The second-order valence-corrected chi connectivity index (χ2v) is 10.4. The SMILES string of the molecule is O=C(CCn1c(SCc2ccc(F)cc2)nc2cc3c(cc2c1=O)OCO3)N1CCN(c2ccccc2)CC1. The minimum absolute atomic E-state index is 0.00915. The number of halogens is 1. The maximum Gasteiger partial charge on any atom is 0.262 e. The zero-order valence-corrected chi connectivity index (χ0v) is 22.0. The summed E-state index contributed by atoms with van der Waals surface area (Å²) in [7, 11) is 0. The fraction of sp³-hybridized carbons (Fsp3) is 0.276. The highest BCUT2D eigenvalue weighted by Crippen LogP contribution is 2.35. The number of para-hydroxylation sites is 1. The molecule has 0 spiro atoms. The van der Waals surface area contributed by atoms with Gasteiger partial charge in [-0.2, -0.15) is 0 Å². The summed E-state index contributed by atoms with van der Waals surface area (Å²) in [6, 6.07) is 19.8. The van der Waals surface area contributed by atoms with Gasteiger partial charge < -0.3 is 19.3 Å². The van der Waals surface area contributed by atoms with Gasteiger partial charge >= 0.3 is 0 Å². The number of carbonyl (C=O) groups excluding carboxylic acids is 1. The Morgan fingerprint density at radius 1 is 0.949 bits per heavy atom. The molecule has 39 heavy (non-hydrogen) atoms. The van der Waals surface area contributed by atoms with Gasteiger partial charge in [-0.3, -0.25) is 14.2 Å². The summed E-state index contributed by atoms with van der Waals surface area (Å²) in [6.07, 6.45) is 0.188. The van der Waals surface area contributed by atoms with Crippen LogP contribution >= 0.6 is 11.8 Å². The van der Waals surface area contributed by atoms with Gasteiger partial charge in [-0.1, -0.05) is 42.1 Å². The van der Waals surface area contributed by atoms with Crippen LogP contribution in [-0.2, 0) is 17.1 Å². The van der Waals surface area contributed by atoms with Crippen LogP contribution in [0.25, 0.3) is 10.9 Å². The molecule has 0 unspecified atom stereocenters. The van der Waals surface area contributed by atoms with E-state index >= 15 is 0 Å². The monoisotopic (exact) mass is 546 g/mol. The number of piperazine rings is 1. The van der Waals surface area contributed by atoms with Gasteiger partial charge in [0.2, 0.25) is 12.7 Å². The van der Waals surface area contributed by atoms with Gasteiger partial charge in [-0.15, -0.1) is 0 Å². The highest BCUT2D eigenvalue weighted by atomic mass is 32.2. The molecule has 0 atom stereocenters. The number of hydrogen-bond acceptors (Lipinski definition) is 7. The van der Waals surface area contributed by atoms with E-state index in [1.165, 1.54) is 23.9 Å². The number of carbonyl (C=O) groups is 1. The molecule has 6 rings (SSSR count). The van der Waals surface area contributed by atoms with Crippen LogP contribution in [0.5, 0.6) is 11.5 Å². The zero-order chi connectivity index (χ0) is 26.8. The van der Waals surface area contributed by atoms with Crippen LogP contribution in [-0.4, -0.2) is 53.3 Å². The molecule has 3 heterocycles. The van der Waals surface area contributed by atoms with E-state index in [-0.39, 0.29) is 37.0 Å². The maximum absolute atomic E-state index is 13.6. The van der Waals surface area contributed by atoms with Crippen LogP contribution in [0, 0.1) is 5.82 Å². The van der Waals surface area contributed by atoms with Gasteiger partial charge in [0.15, 0.2) is 16.7 Å². The summed E-state index contributed by atoms with van der Waals surface area (Å²) in [5.74, 6) is 1.26. The van der Waals surface area contributed by atoms with E-state index in [1.54, 1.807) is 28.8 Å². The van der Waals surface area contributed by atoms with Crippen LogP contribution in [0.2, 0.25) is 0 Å². The number of rotatable bonds is 7. The van der Waals surface area contributed by atoms with Crippen LogP contribution < -0.4 is 19.9 Å². The molecule has 200 valence electrons. The maximum atomic E-state index is 13.6. The molecule has 2 aliphatic heterocycles. The first-order valence-corrected chi connectivity index (χ1v) is 13.8. The first-order valence-electron chi connectivity index (χ1n) is 12.8. The van der Waals surface area contributed by atoms with Crippen molar-refractivity contribution >= 4 is 34.3 Å². The molecule has 8 nitrogen and oxygen atoms in total. The van der Waals surface area contributed by atoms with E-state index in [4.69, 9.17) is 14.5 Å². The van der Waals surface area contributed by atoms with Crippen molar-refractivity contribution in [3.8, 4) is 11.5 Å². The van der Waals surface area contributed by atoms with E-state index in [2.05, 4.69) is 17.0 Å². The molecule has 0 aliphatic carbocycles. The Balaban J connectivity index is 1.20. The second kappa shape index (κ2) is 11.0. The summed E-state index contributed by atoms with van der Waals surface area (Å²) in [5.41, 5.74) is 2.33. The number of anilines is 1. The van der Waals surface area contributed by atoms with Crippen molar-refractivity contribution in [2.45, 2.75) is 23.9 Å². The van der Waals surface area contributed by atoms with E-state index in [9.17, 15) is 14.0 Å². The van der Waals surface area contributed by atoms with Crippen molar-refractivity contribution in [1.82, 2.24) is 14.5 Å². The molecule has 3 aromatic carbocycles. The van der Waals surface area contributed by atoms with Crippen molar-refractivity contribution in [2.24, 2.45) is 0 Å². The normalized spacial score (nSPS) is 14.7. The molecule has 0 radical (unpaired) electrons. The minimum atomic E-state index is -0.302. The van der Waals surface area contributed by atoms with Crippen molar-refractivity contribution in [3.63, 3.8) is 0 Å². The number of thioether (sulfide) groups is 1. The number of ether oxygens (including phenoxy) is 2. The van der Waals surface area contributed by atoms with Gasteiger partial charge in [0.1, 0.15) is 5.82 Å². The highest BCUT2D eigenvalue weighted by molar-refractivity contribution is 7.98. The van der Waals surface area contributed by atoms with Gasteiger partial charge in [-0.25, -0.2) is 9.37 Å². The molecule has 1 saturated heterocycles. The lowest BCUT2D eigenvalue weighted by atomic mass is 10.2. The molecule has 1 amide bonds. The van der Waals surface area contributed by atoms with Crippen molar-refractivity contribution < 1.29 is 18.7 Å². The molecule has 2 aliphatic rings. The minimum Gasteiger partial charge on any atom is -0.454 e. The number of benzene rings is 3. The number of amides is 1. The van der Waals surface area contributed by atoms with E-state index in [0.717, 1.165) is 24.3 Å². The van der Waals surface area contributed by atoms with Gasteiger partial charge in [-0.05, 0) is 35.9 Å². The second-order valence-electron chi connectivity index (χ2n) is 9.44. The lowest BCUT2D eigenvalue weighted by Crippen LogP contribution is -2.49. The average Bonchev–Trinajstić information content (AvgIpc) is 3.43. The Labute approximate surface area is 229 Å². The zero-order valence-electron chi connectivity index (χ0n) is 21.2. The Hall–Kier alpha value is -4.05. The topological polar surface area (TPSA) is 76.9 Å². The quantitative estimate of drug-likeness (QED) is 0.253. The Morgan fingerprint density at radius 3 is 2.41 bits per heavy atom. The van der Waals surface area contributed by atoms with Gasteiger partial charge in [0.05, 0.1) is 10.9 Å². The number of nitrogens with zero attached hydrogens (tertiary/aromatic N) is 4. The van der Waals surface area contributed by atoms with Crippen LogP contribution in [0.1, 0.15) is 12.0 Å². The molecule has 0 N–H and O–H groups in total.